The van der Waals surface area contributed by atoms with E-state index in [1.54, 1.807) is 51.1 Å². The van der Waals surface area contributed by atoms with Crippen molar-refractivity contribution in [3.63, 3.8) is 0 Å². The highest BCUT2D eigenvalue weighted by Crippen LogP contribution is 2.37. The van der Waals surface area contributed by atoms with Crippen LogP contribution in [0.1, 0.15) is 26.5 Å². The minimum Gasteiger partial charge on any atom is -0.369 e. The zero-order valence-corrected chi connectivity index (χ0v) is 15.3. The van der Waals surface area contributed by atoms with E-state index in [4.69, 9.17) is 17.3 Å². The lowest BCUT2D eigenvalue weighted by atomic mass is 10.0. The summed E-state index contributed by atoms with van der Waals surface area (Å²) in [5, 5.41) is 0.229. The van der Waals surface area contributed by atoms with Crippen LogP contribution in [0.25, 0.3) is 11.1 Å². The summed E-state index contributed by atoms with van der Waals surface area (Å²) in [6.07, 6.45) is 1.38. The van der Waals surface area contributed by atoms with Crippen molar-refractivity contribution in [3.05, 3.63) is 47.2 Å². The normalized spacial score (nSPS) is 12.2. The number of hydrogen-bond donors (Lipinski definition) is 1. The quantitative estimate of drug-likeness (QED) is 0.900. The molecule has 0 saturated heterocycles. The van der Waals surface area contributed by atoms with Crippen molar-refractivity contribution in [1.29, 1.82) is 0 Å². The van der Waals surface area contributed by atoms with Crippen LogP contribution in [0.5, 0.6) is 0 Å². The van der Waals surface area contributed by atoms with Crippen LogP contribution in [0.3, 0.4) is 0 Å². The van der Waals surface area contributed by atoms with Crippen LogP contribution in [-0.2, 0) is 21.1 Å². The topological polar surface area (TPSA) is 90.1 Å². The first-order valence-electron chi connectivity index (χ1n) is 7.31. The maximum atomic E-state index is 12.9. The standard InChI is InChI=1S/C17H19ClN2O3S/c1-17(2,3)24(22,23)14-7-5-4-6-11(14)12-8-9-20-13(16(12)18)10-15(19)21/h4-9H,10H2,1-3H3,(H2,19,21). The minimum atomic E-state index is -3.58. The molecule has 1 heterocycles. The molecule has 2 rings (SSSR count). The van der Waals surface area contributed by atoms with Crippen molar-refractivity contribution in [3.8, 4) is 11.1 Å². The summed E-state index contributed by atoms with van der Waals surface area (Å²) in [5.41, 5.74) is 6.51. The number of sulfone groups is 1. The number of pyridine rings is 1. The van der Waals surface area contributed by atoms with Crippen molar-refractivity contribution >= 4 is 27.3 Å². The number of hydrogen-bond acceptors (Lipinski definition) is 4. The van der Waals surface area contributed by atoms with Crippen LogP contribution in [0.15, 0.2) is 41.4 Å². The Bertz CT molecular complexity index is 887. The number of primary amides is 1. The first-order chi connectivity index (χ1) is 11.1. The second kappa shape index (κ2) is 6.53. The van der Waals surface area contributed by atoms with Crippen LogP contribution in [-0.4, -0.2) is 24.1 Å². The van der Waals surface area contributed by atoms with E-state index in [0.29, 0.717) is 16.8 Å². The highest BCUT2D eigenvalue weighted by molar-refractivity contribution is 7.92. The molecular formula is C17H19ClN2O3S. The van der Waals surface area contributed by atoms with Crippen molar-refractivity contribution < 1.29 is 13.2 Å². The minimum absolute atomic E-state index is 0.110. The van der Waals surface area contributed by atoms with Gasteiger partial charge in [0.25, 0.3) is 0 Å². The van der Waals surface area contributed by atoms with Crippen molar-refractivity contribution in [1.82, 2.24) is 4.98 Å². The van der Waals surface area contributed by atoms with Gasteiger partial charge in [-0.05, 0) is 32.9 Å². The summed E-state index contributed by atoms with van der Waals surface area (Å²) in [6.45, 7) is 4.93. The summed E-state index contributed by atoms with van der Waals surface area (Å²) in [7, 11) is -3.58. The SMILES string of the molecule is CC(C)(C)S(=O)(=O)c1ccccc1-c1ccnc(CC(N)=O)c1Cl. The highest BCUT2D eigenvalue weighted by Gasteiger charge is 2.33. The van der Waals surface area contributed by atoms with Gasteiger partial charge in [0, 0.05) is 17.3 Å². The third-order valence-electron chi connectivity index (χ3n) is 3.58. The zero-order valence-electron chi connectivity index (χ0n) is 13.7. The van der Waals surface area contributed by atoms with Gasteiger partial charge in [-0.1, -0.05) is 29.8 Å². The van der Waals surface area contributed by atoms with Gasteiger partial charge in [0.05, 0.1) is 26.8 Å². The van der Waals surface area contributed by atoms with Crippen LogP contribution in [0.2, 0.25) is 5.02 Å². The Morgan fingerprint density at radius 1 is 1.17 bits per heavy atom. The van der Waals surface area contributed by atoms with E-state index >= 15 is 0 Å². The number of rotatable bonds is 4. The van der Waals surface area contributed by atoms with Gasteiger partial charge in [0.1, 0.15) is 0 Å². The number of aromatic nitrogens is 1. The maximum absolute atomic E-state index is 12.9. The smallest absolute Gasteiger partial charge is 0.223 e. The Morgan fingerprint density at radius 2 is 1.79 bits per heavy atom. The molecule has 0 radical (unpaired) electrons. The molecule has 0 atom stereocenters. The predicted molar refractivity (Wildman–Crippen MR) is 94.5 cm³/mol. The number of nitrogens with two attached hydrogens (primary N) is 1. The molecule has 0 aliphatic heterocycles. The molecule has 5 nitrogen and oxygen atoms in total. The average Bonchev–Trinajstić information content (AvgIpc) is 2.48. The zero-order chi connectivity index (χ0) is 18.1. The van der Waals surface area contributed by atoms with E-state index in [0.717, 1.165) is 0 Å². The van der Waals surface area contributed by atoms with E-state index in [-0.39, 0.29) is 16.3 Å². The summed E-state index contributed by atoms with van der Waals surface area (Å²) in [6, 6.07) is 8.28. The van der Waals surface area contributed by atoms with E-state index in [2.05, 4.69) is 4.98 Å². The Hall–Kier alpha value is -1.92. The molecule has 0 spiro atoms. The lowest BCUT2D eigenvalue weighted by Crippen LogP contribution is -2.28. The van der Waals surface area contributed by atoms with Crippen LogP contribution in [0, 0.1) is 0 Å². The number of halogens is 1. The van der Waals surface area contributed by atoms with Gasteiger partial charge in [0.2, 0.25) is 5.91 Å². The molecular weight excluding hydrogens is 348 g/mol. The molecule has 0 aliphatic carbocycles. The molecule has 24 heavy (non-hydrogen) atoms. The number of carbonyl (C=O) groups excluding carboxylic acids is 1. The number of amides is 1. The maximum Gasteiger partial charge on any atom is 0.223 e. The number of nitrogens with zero attached hydrogens (tertiary/aromatic N) is 1. The molecule has 1 aromatic heterocycles. The van der Waals surface area contributed by atoms with Gasteiger partial charge in [0.15, 0.2) is 9.84 Å². The fourth-order valence-electron chi connectivity index (χ4n) is 2.24. The summed E-state index contributed by atoms with van der Waals surface area (Å²) in [4.78, 5) is 15.4. The second-order valence-electron chi connectivity index (χ2n) is 6.37. The van der Waals surface area contributed by atoms with Crippen LogP contribution < -0.4 is 5.73 Å². The molecule has 128 valence electrons. The van der Waals surface area contributed by atoms with Crippen molar-refractivity contribution in [2.45, 2.75) is 36.8 Å². The Kier molecular flexibility index (Phi) is 5.01. The van der Waals surface area contributed by atoms with E-state index in [9.17, 15) is 13.2 Å². The van der Waals surface area contributed by atoms with Gasteiger partial charge in [-0.2, -0.15) is 0 Å². The lowest BCUT2D eigenvalue weighted by Gasteiger charge is -2.22. The van der Waals surface area contributed by atoms with E-state index in [1.165, 1.54) is 6.20 Å². The van der Waals surface area contributed by atoms with Crippen molar-refractivity contribution in [2.75, 3.05) is 0 Å². The van der Waals surface area contributed by atoms with Gasteiger partial charge < -0.3 is 5.73 Å². The molecule has 1 aromatic carbocycles. The highest BCUT2D eigenvalue weighted by atomic mass is 35.5. The van der Waals surface area contributed by atoms with E-state index < -0.39 is 20.5 Å². The number of carbonyl (C=O) groups is 1. The predicted octanol–water partition coefficient (Wildman–Crippen LogP) is 3.00. The molecule has 7 heteroatoms. The third kappa shape index (κ3) is 3.44. The average molecular weight is 367 g/mol. The second-order valence-corrected chi connectivity index (χ2v) is 9.42. The molecule has 2 aromatic rings. The van der Waals surface area contributed by atoms with Crippen LogP contribution in [0.4, 0.5) is 0 Å². The van der Waals surface area contributed by atoms with Gasteiger partial charge >= 0.3 is 0 Å². The largest absolute Gasteiger partial charge is 0.369 e. The molecule has 0 unspecified atom stereocenters. The van der Waals surface area contributed by atoms with Crippen LogP contribution >= 0.6 is 11.6 Å². The van der Waals surface area contributed by atoms with Gasteiger partial charge in [-0.15, -0.1) is 0 Å². The fraction of sp³-hybridized carbons (Fsp3) is 0.294. The first kappa shape index (κ1) is 18.4. The number of benzene rings is 1. The van der Waals surface area contributed by atoms with Crippen molar-refractivity contribution in [2.24, 2.45) is 5.73 Å². The Morgan fingerprint density at radius 3 is 2.38 bits per heavy atom. The summed E-state index contributed by atoms with van der Waals surface area (Å²) >= 11 is 6.36. The summed E-state index contributed by atoms with van der Waals surface area (Å²) < 4.78 is 24.8. The molecule has 2 N–H and O–H groups in total. The monoisotopic (exact) mass is 366 g/mol. The Labute approximate surface area is 146 Å². The van der Waals surface area contributed by atoms with Gasteiger partial charge in [-0.25, -0.2) is 8.42 Å². The molecule has 1 amide bonds. The lowest BCUT2D eigenvalue weighted by molar-refractivity contribution is -0.117. The van der Waals surface area contributed by atoms with Gasteiger partial charge in [-0.3, -0.25) is 9.78 Å². The molecule has 0 bridgehead atoms. The molecule has 0 aliphatic rings. The third-order valence-corrected chi connectivity index (χ3v) is 6.55. The molecule has 0 saturated carbocycles. The molecule has 0 fully saturated rings. The fourth-order valence-corrected chi connectivity index (χ4v) is 3.90. The first-order valence-corrected chi connectivity index (χ1v) is 9.17. The van der Waals surface area contributed by atoms with E-state index in [1.807, 2.05) is 0 Å². The summed E-state index contributed by atoms with van der Waals surface area (Å²) in [5.74, 6) is -0.558. The Balaban J connectivity index is 2.71.